The van der Waals surface area contributed by atoms with E-state index >= 15 is 0 Å². The predicted octanol–water partition coefficient (Wildman–Crippen LogP) is 0.944. The molecule has 1 atom stereocenters. The predicted molar refractivity (Wildman–Crippen MR) is 60.9 cm³/mol. The SMILES string of the molecule is O=C1CC(Nc2cc([N+](=O)[O-])cc(Cl)n2)CN1. The number of aromatic nitrogens is 1. The first-order chi connectivity index (χ1) is 8.04. The Hall–Kier alpha value is -1.89. The number of nitrogens with zero attached hydrogens (tertiary/aromatic N) is 2. The van der Waals surface area contributed by atoms with Gasteiger partial charge in [-0.25, -0.2) is 4.98 Å². The highest BCUT2D eigenvalue weighted by atomic mass is 35.5. The average molecular weight is 257 g/mol. The lowest BCUT2D eigenvalue weighted by Gasteiger charge is -2.10. The van der Waals surface area contributed by atoms with Crippen molar-refractivity contribution in [2.45, 2.75) is 12.5 Å². The van der Waals surface area contributed by atoms with Gasteiger partial charge in [-0.2, -0.15) is 0 Å². The molecule has 8 heteroatoms. The summed E-state index contributed by atoms with van der Waals surface area (Å²) >= 11 is 5.67. The van der Waals surface area contributed by atoms with Crippen LogP contribution in [0.4, 0.5) is 11.5 Å². The van der Waals surface area contributed by atoms with Crippen LogP contribution in [0.3, 0.4) is 0 Å². The lowest BCUT2D eigenvalue weighted by molar-refractivity contribution is -0.384. The van der Waals surface area contributed by atoms with Crippen molar-refractivity contribution >= 4 is 29.0 Å². The van der Waals surface area contributed by atoms with Crippen LogP contribution >= 0.6 is 11.6 Å². The van der Waals surface area contributed by atoms with Crippen LogP contribution in [0.25, 0.3) is 0 Å². The minimum Gasteiger partial charge on any atom is -0.365 e. The van der Waals surface area contributed by atoms with Gasteiger partial charge in [0.2, 0.25) is 5.91 Å². The summed E-state index contributed by atoms with van der Waals surface area (Å²) in [4.78, 5) is 25.0. The molecule has 17 heavy (non-hydrogen) atoms. The highest BCUT2D eigenvalue weighted by molar-refractivity contribution is 6.29. The zero-order valence-corrected chi connectivity index (χ0v) is 9.40. The molecule has 1 aromatic heterocycles. The van der Waals surface area contributed by atoms with Gasteiger partial charge in [-0.05, 0) is 0 Å². The maximum absolute atomic E-state index is 11.0. The van der Waals surface area contributed by atoms with Crippen LogP contribution in [0.2, 0.25) is 5.15 Å². The highest BCUT2D eigenvalue weighted by Crippen LogP contribution is 2.21. The topological polar surface area (TPSA) is 97.2 Å². The normalized spacial score (nSPS) is 18.9. The number of rotatable bonds is 3. The third-order valence-corrected chi connectivity index (χ3v) is 2.51. The number of hydrogen-bond acceptors (Lipinski definition) is 5. The molecule has 1 unspecified atom stereocenters. The number of pyridine rings is 1. The number of nitro groups is 1. The lowest BCUT2D eigenvalue weighted by Crippen LogP contribution is -2.22. The Morgan fingerprint density at radius 2 is 2.35 bits per heavy atom. The Labute approximate surface area is 101 Å². The zero-order valence-electron chi connectivity index (χ0n) is 8.64. The molecule has 1 aromatic rings. The first-order valence-electron chi connectivity index (χ1n) is 4.90. The molecule has 0 radical (unpaired) electrons. The first kappa shape index (κ1) is 11.6. The maximum atomic E-state index is 11.0. The first-order valence-corrected chi connectivity index (χ1v) is 5.27. The zero-order chi connectivity index (χ0) is 12.4. The van der Waals surface area contributed by atoms with Crippen LogP contribution in [0, 0.1) is 10.1 Å². The quantitative estimate of drug-likeness (QED) is 0.477. The number of nitrogens with one attached hydrogen (secondary N) is 2. The highest BCUT2D eigenvalue weighted by Gasteiger charge is 2.22. The Balaban J connectivity index is 2.15. The molecular formula is C9H9ClN4O3. The molecule has 0 saturated carbocycles. The number of anilines is 1. The van der Waals surface area contributed by atoms with Crippen molar-refractivity contribution in [3.8, 4) is 0 Å². The summed E-state index contributed by atoms with van der Waals surface area (Å²) in [5.74, 6) is 0.240. The van der Waals surface area contributed by atoms with Crippen molar-refractivity contribution in [2.24, 2.45) is 0 Å². The molecule has 0 spiro atoms. The molecule has 1 fully saturated rings. The van der Waals surface area contributed by atoms with Crippen LogP contribution in [-0.4, -0.2) is 28.4 Å². The van der Waals surface area contributed by atoms with E-state index in [1.54, 1.807) is 0 Å². The largest absolute Gasteiger partial charge is 0.365 e. The number of halogens is 1. The van der Waals surface area contributed by atoms with Gasteiger partial charge < -0.3 is 10.6 Å². The molecule has 1 saturated heterocycles. The van der Waals surface area contributed by atoms with E-state index in [-0.39, 0.29) is 22.8 Å². The fraction of sp³-hybridized carbons (Fsp3) is 0.333. The smallest absolute Gasteiger partial charge is 0.276 e. The van der Waals surface area contributed by atoms with Gasteiger partial charge >= 0.3 is 0 Å². The van der Waals surface area contributed by atoms with E-state index in [0.717, 1.165) is 0 Å². The molecule has 2 heterocycles. The molecule has 90 valence electrons. The second kappa shape index (κ2) is 4.54. The van der Waals surface area contributed by atoms with E-state index in [2.05, 4.69) is 15.6 Å². The molecule has 7 nitrogen and oxygen atoms in total. The van der Waals surface area contributed by atoms with Crippen LogP contribution in [0.1, 0.15) is 6.42 Å². The van der Waals surface area contributed by atoms with Gasteiger partial charge in [0.25, 0.3) is 5.69 Å². The molecule has 2 rings (SSSR count). The van der Waals surface area contributed by atoms with Crippen LogP contribution in [0.15, 0.2) is 12.1 Å². The van der Waals surface area contributed by atoms with E-state index in [1.165, 1.54) is 12.1 Å². The number of hydrogen-bond donors (Lipinski definition) is 2. The summed E-state index contributed by atoms with van der Waals surface area (Å²) in [6, 6.07) is 2.34. The summed E-state index contributed by atoms with van der Waals surface area (Å²) in [6.07, 6.45) is 0.321. The third kappa shape index (κ3) is 2.82. The molecule has 2 N–H and O–H groups in total. The lowest BCUT2D eigenvalue weighted by atomic mass is 10.2. The summed E-state index contributed by atoms with van der Waals surface area (Å²) in [6.45, 7) is 0.473. The van der Waals surface area contributed by atoms with E-state index < -0.39 is 4.92 Å². The van der Waals surface area contributed by atoms with Crippen molar-refractivity contribution in [1.82, 2.24) is 10.3 Å². The Bertz CT molecular complexity index is 479. The van der Waals surface area contributed by atoms with E-state index in [4.69, 9.17) is 11.6 Å². The number of amides is 1. The van der Waals surface area contributed by atoms with Crippen molar-refractivity contribution in [3.63, 3.8) is 0 Å². The molecule has 1 aliphatic rings. The van der Waals surface area contributed by atoms with Gasteiger partial charge in [-0.1, -0.05) is 11.6 Å². The molecule has 0 aliphatic carbocycles. The maximum Gasteiger partial charge on any atom is 0.276 e. The van der Waals surface area contributed by atoms with Crippen LogP contribution in [0.5, 0.6) is 0 Å². The minimum absolute atomic E-state index is 0.0407. The fourth-order valence-electron chi connectivity index (χ4n) is 1.58. The van der Waals surface area contributed by atoms with Gasteiger partial charge in [0.1, 0.15) is 11.0 Å². The van der Waals surface area contributed by atoms with Crippen LogP contribution in [-0.2, 0) is 4.79 Å². The van der Waals surface area contributed by atoms with E-state index in [0.29, 0.717) is 18.8 Å². The fourth-order valence-corrected chi connectivity index (χ4v) is 1.78. The van der Waals surface area contributed by atoms with E-state index in [9.17, 15) is 14.9 Å². The van der Waals surface area contributed by atoms with Gasteiger partial charge in [0, 0.05) is 13.0 Å². The Morgan fingerprint density at radius 3 is 2.94 bits per heavy atom. The number of carbonyl (C=O) groups excluding carboxylic acids is 1. The van der Waals surface area contributed by atoms with Gasteiger partial charge in [-0.3, -0.25) is 14.9 Å². The van der Waals surface area contributed by atoms with Gasteiger partial charge in [0.15, 0.2) is 0 Å². The van der Waals surface area contributed by atoms with Crippen molar-refractivity contribution in [3.05, 3.63) is 27.4 Å². The van der Waals surface area contributed by atoms with Gasteiger partial charge in [0.05, 0.1) is 23.1 Å². The summed E-state index contributed by atoms with van der Waals surface area (Å²) < 4.78 is 0. The average Bonchev–Trinajstić information content (AvgIpc) is 2.63. The number of carbonyl (C=O) groups is 1. The van der Waals surface area contributed by atoms with Crippen LogP contribution < -0.4 is 10.6 Å². The second-order valence-corrected chi connectivity index (χ2v) is 4.03. The summed E-state index contributed by atoms with van der Waals surface area (Å²) in [5.41, 5.74) is -0.134. The summed E-state index contributed by atoms with van der Waals surface area (Å²) in [7, 11) is 0. The van der Waals surface area contributed by atoms with E-state index in [1.807, 2.05) is 0 Å². The molecule has 1 amide bonds. The Morgan fingerprint density at radius 1 is 1.59 bits per heavy atom. The van der Waals surface area contributed by atoms with Gasteiger partial charge in [-0.15, -0.1) is 0 Å². The third-order valence-electron chi connectivity index (χ3n) is 2.32. The standard InChI is InChI=1S/C9H9ClN4O3/c10-7-2-6(14(16)17)3-8(13-7)12-5-1-9(15)11-4-5/h2-3,5H,1,4H2,(H,11,15)(H,12,13). The summed E-state index contributed by atoms with van der Waals surface area (Å²) in [5, 5.41) is 16.2. The molecular weight excluding hydrogens is 248 g/mol. The molecule has 0 bridgehead atoms. The van der Waals surface area contributed by atoms with Crippen molar-refractivity contribution < 1.29 is 9.72 Å². The minimum atomic E-state index is -0.545. The molecule has 1 aliphatic heterocycles. The monoisotopic (exact) mass is 256 g/mol. The molecule has 0 aromatic carbocycles. The van der Waals surface area contributed by atoms with Crippen molar-refractivity contribution in [1.29, 1.82) is 0 Å². The van der Waals surface area contributed by atoms with Crippen molar-refractivity contribution in [2.75, 3.05) is 11.9 Å². The Kier molecular flexibility index (Phi) is 3.10. The second-order valence-electron chi connectivity index (χ2n) is 3.64.